The Morgan fingerprint density at radius 2 is 2.14 bits per heavy atom. The fourth-order valence-corrected chi connectivity index (χ4v) is 2.48. The van der Waals surface area contributed by atoms with Gasteiger partial charge >= 0.3 is 0 Å². The topological polar surface area (TPSA) is 44.1 Å². The highest BCUT2D eigenvalue weighted by molar-refractivity contribution is 6.33. The molecule has 0 aliphatic carbocycles. The summed E-state index contributed by atoms with van der Waals surface area (Å²) in [4.78, 5) is 12.6. The maximum atomic E-state index is 12.6. The van der Waals surface area contributed by atoms with E-state index in [2.05, 4.69) is 5.10 Å². The molecule has 4 nitrogen and oxygen atoms in total. The van der Waals surface area contributed by atoms with E-state index in [1.165, 1.54) is 6.20 Å². The Hall–Kier alpha value is -1.65. The van der Waals surface area contributed by atoms with E-state index in [1.807, 2.05) is 32.0 Å². The number of rotatable bonds is 6. The molecule has 1 heterocycles. The number of carbonyl (C=O) groups excluding carboxylic acids is 1. The lowest BCUT2D eigenvalue weighted by molar-refractivity contribution is 0.0979. The van der Waals surface area contributed by atoms with Crippen molar-refractivity contribution in [3.63, 3.8) is 0 Å². The molecule has 1 aromatic carbocycles. The second kappa shape index (κ2) is 6.87. The number of nitrogens with zero attached hydrogens (tertiary/aromatic N) is 2. The number of benzene rings is 1. The van der Waals surface area contributed by atoms with E-state index in [4.69, 9.17) is 16.3 Å². The molecular formula is C16H19ClN2O2. The quantitative estimate of drug-likeness (QED) is 0.770. The first kappa shape index (κ1) is 15.7. The molecule has 0 fully saturated rings. The fourth-order valence-electron chi connectivity index (χ4n) is 2.23. The van der Waals surface area contributed by atoms with Gasteiger partial charge in [-0.25, -0.2) is 0 Å². The first-order chi connectivity index (χ1) is 10.0. The number of methoxy groups -OCH3 is 1. The zero-order chi connectivity index (χ0) is 15.4. The minimum Gasteiger partial charge on any atom is -0.383 e. The summed E-state index contributed by atoms with van der Waals surface area (Å²) in [5.74, 6) is -0.0256. The van der Waals surface area contributed by atoms with Crippen LogP contribution in [0.15, 0.2) is 24.4 Å². The number of hydrogen-bond donors (Lipinski definition) is 0. The van der Waals surface area contributed by atoms with Gasteiger partial charge in [0.25, 0.3) is 0 Å². The van der Waals surface area contributed by atoms with Crippen molar-refractivity contribution in [3.05, 3.63) is 51.8 Å². The predicted octanol–water partition coefficient (Wildman–Crippen LogP) is 3.23. The van der Waals surface area contributed by atoms with Crippen molar-refractivity contribution < 1.29 is 9.53 Å². The minimum absolute atomic E-state index is 0.0256. The molecular weight excluding hydrogens is 288 g/mol. The molecule has 0 aliphatic heterocycles. The van der Waals surface area contributed by atoms with E-state index in [1.54, 1.807) is 11.8 Å². The summed E-state index contributed by atoms with van der Waals surface area (Å²) in [5.41, 5.74) is 3.72. The Morgan fingerprint density at radius 1 is 1.38 bits per heavy atom. The standard InChI is InChI=1S/C16H19ClN2O2/c1-11-4-5-12(2)13(8-11)9-15(20)16-14(17)10-18-19(16)6-7-21-3/h4-5,8,10H,6-7,9H2,1-3H3. The smallest absolute Gasteiger partial charge is 0.186 e. The van der Waals surface area contributed by atoms with Crippen LogP contribution in [0.25, 0.3) is 0 Å². The molecule has 0 aliphatic rings. The second-order valence-corrected chi connectivity index (χ2v) is 5.49. The van der Waals surface area contributed by atoms with Gasteiger partial charge in [-0.1, -0.05) is 35.4 Å². The van der Waals surface area contributed by atoms with Crippen LogP contribution in [0.5, 0.6) is 0 Å². The van der Waals surface area contributed by atoms with Gasteiger partial charge in [-0.15, -0.1) is 0 Å². The van der Waals surface area contributed by atoms with Crippen molar-refractivity contribution in [1.29, 1.82) is 0 Å². The summed E-state index contributed by atoms with van der Waals surface area (Å²) in [7, 11) is 1.61. The van der Waals surface area contributed by atoms with Crippen LogP contribution in [-0.4, -0.2) is 29.3 Å². The Bertz CT molecular complexity index is 650. The minimum atomic E-state index is -0.0256. The molecule has 5 heteroatoms. The van der Waals surface area contributed by atoms with Crippen LogP contribution < -0.4 is 0 Å². The van der Waals surface area contributed by atoms with Crippen LogP contribution in [0.1, 0.15) is 27.2 Å². The van der Waals surface area contributed by atoms with Crippen LogP contribution in [0.2, 0.25) is 5.02 Å². The van der Waals surface area contributed by atoms with E-state index in [9.17, 15) is 4.79 Å². The number of hydrogen-bond acceptors (Lipinski definition) is 3. The molecule has 112 valence electrons. The first-order valence-corrected chi connectivity index (χ1v) is 7.20. The van der Waals surface area contributed by atoms with Gasteiger partial charge in [-0.2, -0.15) is 5.10 Å². The molecule has 1 aromatic heterocycles. The van der Waals surface area contributed by atoms with Crippen molar-refractivity contribution in [2.24, 2.45) is 0 Å². The van der Waals surface area contributed by atoms with Crippen LogP contribution in [0, 0.1) is 13.8 Å². The van der Waals surface area contributed by atoms with Crippen LogP contribution >= 0.6 is 11.6 Å². The Labute approximate surface area is 129 Å². The van der Waals surface area contributed by atoms with Crippen LogP contribution in [0.4, 0.5) is 0 Å². The summed E-state index contributed by atoms with van der Waals surface area (Å²) in [6, 6.07) is 6.11. The van der Waals surface area contributed by atoms with Gasteiger partial charge in [0.05, 0.1) is 24.4 Å². The third kappa shape index (κ3) is 3.71. The molecule has 2 aromatic rings. The van der Waals surface area contributed by atoms with Gasteiger partial charge in [0.15, 0.2) is 5.78 Å². The predicted molar refractivity (Wildman–Crippen MR) is 83.1 cm³/mol. The maximum Gasteiger partial charge on any atom is 0.186 e. The summed E-state index contributed by atoms with van der Waals surface area (Å²) in [5, 5.41) is 4.53. The molecule has 0 N–H and O–H groups in total. The number of Topliss-reactive ketones (excluding diaryl/α,β-unsaturated/α-hetero) is 1. The lowest BCUT2D eigenvalue weighted by Gasteiger charge is -2.09. The summed E-state index contributed by atoms with van der Waals surface area (Å²) >= 11 is 6.11. The fraction of sp³-hybridized carbons (Fsp3) is 0.375. The van der Waals surface area contributed by atoms with E-state index in [0.29, 0.717) is 30.3 Å². The van der Waals surface area contributed by atoms with Crippen molar-refractivity contribution in [2.45, 2.75) is 26.8 Å². The molecule has 0 bridgehead atoms. The first-order valence-electron chi connectivity index (χ1n) is 6.82. The summed E-state index contributed by atoms with van der Waals surface area (Å²) < 4.78 is 6.64. The second-order valence-electron chi connectivity index (χ2n) is 5.09. The van der Waals surface area contributed by atoms with Gasteiger partial charge in [0.2, 0.25) is 0 Å². The van der Waals surface area contributed by atoms with Gasteiger partial charge in [-0.05, 0) is 25.0 Å². The largest absolute Gasteiger partial charge is 0.383 e. The molecule has 0 saturated heterocycles. The average molecular weight is 307 g/mol. The Balaban J connectivity index is 2.24. The van der Waals surface area contributed by atoms with Crippen LogP contribution in [0.3, 0.4) is 0 Å². The van der Waals surface area contributed by atoms with E-state index in [0.717, 1.165) is 16.7 Å². The molecule has 0 unspecified atom stereocenters. The zero-order valence-electron chi connectivity index (χ0n) is 12.5. The van der Waals surface area contributed by atoms with Crippen molar-refractivity contribution in [2.75, 3.05) is 13.7 Å². The normalized spacial score (nSPS) is 10.9. The average Bonchev–Trinajstić information content (AvgIpc) is 2.81. The van der Waals surface area contributed by atoms with Crippen molar-refractivity contribution >= 4 is 17.4 Å². The van der Waals surface area contributed by atoms with Crippen molar-refractivity contribution in [1.82, 2.24) is 9.78 Å². The number of aryl methyl sites for hydroxylation is 2. The molecule has 0 spiro atoms. The van der Waals surface area contributed by atoms with E-state index < -0.39 is 0 Å². The molecule has 2 rings (SSSR count). The van der Waals surface area contributed by atoms with Gasteiger partial charge < -0.3 is 4.74 Å². The molecule has 21 heavy (non-hydrogen) atoms. The third-order valence-corrected chi connectivity index (χ3v) is 3.70. The molecule has 0 saturated carbocycles. The van der Waals surface area contributed by atoms with Crippen molar-refractivity contribution in [3.8, 4) is 0 Å². The van der Waals surface area contributed by atoms with Gasteiger partial charge in [0, 0.05) is 13.5 Å². The summed E-state index contributed by atoms with van der Waals surface area (Å²) in [6.07, 6.45) is 1.83. The lowest BCUT2D eigenvalue weighted by atomic mass is 10.00. The number of ketones is 1. The van der Waals surface area contributed by atoms with Crippen LogP contribution in [-0.2, 0) is 17.7 Å². The summed E-state index contributed by atoms with van der Waals surface area (Å²) in [6.45, 7) is 5.02. The lowest BCUT2D eigenvalue weighted by Crippen LogP contribution is -2.16. The van der Waals surface area contributed by atoms with E-state index in [-0.39, 0.29) is 5.78 Å². The highest BCUT2D eigenvalue weighted by Crippen LogP contribution is 2.19. The number of ether oxygens (including phenoxy) is 1. The highest BCUT2D eigenvalue weighted by Gasteiger charge is 2.18. The molecule has 0 amide bonds. The number of aromatic nitrogens is 2. The molecule has 0 atom stereocenters. The van der Waals surface area contributed by atoms with Gasteiger partial charge in [0.1, 0.15) is 5.69 Å². The zero-order valence-corrected chi connectivity index (χ0v) is 13.3. The van der Waals surface area contributed by atoms with E-state index >= 15 is 0 Å². The maximum absolute atomic E-state index is 12.6. The third-order valence-electron chi connectivity index (χ3n) is 3.42. The van der Waals surface area contributed by atoms with Gasteiger partial charge in [-0.3, -0.25) is 9.48 Å². The number of carbonyl (C=O) groups is 1. The highest BCUT2D eigenvalue weighted by atomic mass is 35.5. The number of halogens is 1. The Morgan fingerprint density at radius 3 is 2.86 bits per heavy atom. The SMILES string of the molecule is COCCn1ncc(Cl)c1C(=O)Cc1cc(C)ccc1C. The monoisotopic (exact) mass is 306 g/mol. The Kier molecular flexibility index (Phi) is 5.15. The molecule has 0 radical (unpaired) electrons.